The number of carboxylic acids is 1. The Hall–Kier alpha value is -2.96. The molecule has 1 saturated carbocycles. The first kappa shape index (κ1) is 21.3. The molecule has 164 valence electrons. The fourth-order valence-corrected chi connectivity index (χ4v) is 5.16. The van der Waals surface area contributed by atoms with Crippen LogP contribution in [0.5, 0.6) is 0 Å². The largest absolute Gasteiger partial charge is 0.481 e. The van der Waals surface area contributed by atoms with E-state index in [1.54, 1.807) is 11.8 Å². The highest BCUT2D eigenvalue weighted by atomic mass is 16.4. The molecule has 0 spiro atoms. The number of aliphatic carboxylic acids is 1. The number of hydrogen-bond acceptors (Lipinski definition) is 5. The van der Waals surface area contributed by atoms with Crippen LogP contribution in [-0.4, -0.2) is 33.0 Å². The van der Waals surface area contributed by atoms with Crippen LogP contribution in [0.2, 0.25) is 0 Å². The molecule has 7 heteroatoms. The SMILES string of the molecule is Cc1nc(N)c2c(n1)CC(C)N(c1ccc(C3CCC(C(C)C(=O)O)CC3)cc1)C2=O. The molecule has 1 aliphatic carbocycles. The lowest BCUT2D eigenvalue weighted by molar-refractivity contribution is -0.143. The highest BCUT2D eigenvalue weighted by Crippen LogP contribution is 2.39. The quantitative estimate of drug-likeness (QED) is 0.772. The van der Waals surface area contributed by atoms with Crippen molar-refractivity contribution >= 4 is 23.4 Å². The van der Waals surface area contributed by atoms with Gasteiger partial charge in [-0.2, -0.15) is 0 Å². The summed E-state index contributed by atoms with van der Waals surface area (Å²) < 4.78 is 0. The molecule has 0 bridgehead atoms. The number of carboxylic acid groups (broad SMARTS) is 1. The molecule has 0 saturated heterocycles. The van der Waals surface area contributed by atoms with Gasteiger partial charge in [-0.1, -0.05) is 19.1 Å². The van der Waals surface area contributed by atoms with Crippen LogP contribution in [0.3, 0.4) is 0 Å². The Kier molecular flexibility index (Phi) is 5.69. The molecule has 1 aromatic carbocycles. The number of anilines is 2. The maximum absolute atomic E-state index is 13.2. The highest BCUT2D eigenvalue weighted by Gasteiger charge is 2.34. The monoisotopic (exact) mass is 422 g/mol. The van der Waals surface area contributed by atoms with E-state index in [0.29, 0.717) is 23.7 Å². The lowest BCUT2D eigenvalue weighted by atomic mass is 9.74. The minimum atomic E-state index is -0.698. The predicted molar refractivity (Wildman–Crippen MR) is 119 cm³/mol. The van der Waals surface area contributed by atoms with Crippen LogP contribution in [-0.2, 0) is 11.2 Å². The number of amides is 1. The summed E-state index contributed by atoms with van der Waals surface area (Å²) in [6, 6.07) is 8.20. The smallest absolute Gasteiger partial charge is 0.306 e. The zero-order valence-corrected chi connectivity index (χ0v) is 18.3. The molecule has 2 unspecified atom stereocenters. The van der Waals surface area contributed by atoms with Crippen molar-refractivity contribution in [2.45, 2.75) is 64.8 Å². The minimum Gasteiger partial charge on any atom is -0.481 e. The van der Waals surface area contributed by atoms with E-state index in [4.69, 9.17) is 5.73 Å². The molecular formula is C24H30N4O3. The molecule has 0 radical (unpaired) electrons. The molecule has 1 fully saturated rings. The van der Waals surface area contributed by atoms with Gasteiger partial charge >= 0.3 is 5.97 Å². The average Bonchev–Trinajstić information content (AvgIpc) is 2.73. The van der Waals surface area contributed by atoms with Crippen LogP contribution in [0.4, 0.5) is 11.5 Å². The van der Waals surface area contributed by atoms with Crippen LogP contribution in [0, 0.1) is 18.8 Å². The van der Waals surface area contributed by atoms with Crippen molar-refractivity contribution < 1.29 is 14.7 Å². The van der Waals surface area contributed by atoms with E-state index in [2.05, 4.69) is 22.1 Å². The van der Waals surface area contributed by atoms with Gasteiger partial charge in [0.1, 0.15) is 17.2 Å². The number of carbonyl (C=O) groups excluding carboxylic acids is 1. The van der Waals surface area contributed by atoms with E-state index >= 15 is 0 Å². The Morgan fingerprint density at radius 1 is 1.16 bits per heavy atom. The number of benzene rings is 1. The van der Waals surface area contributed by atoms with Crippen LogP contribution in [0.15, 0.2) is 24.3 Å². The second-order valence-corrected chi connectivity index (χ2v) is 9.04. The first-order chi connectivity index (χ1) is 14.8. The van der Waals surface area contributed by atoms with Crippen molar-refractivity contribution in [2.24, 2.45) is 11.8 Å². The summed E-state index contributed by atoms with van der Waals surface area (Å²) in [6.45, 7) is 5.62. The van der Waals surface area contributed by atoms with Crippen molar-refractivity contribution in [3.05, 3.63) is 46.9 Å². The standard InChI is InChI=1S/C24H30N4O3/c1-13-12-20-21(22(25)27-15(3)26-20)23(29)28(13)19-10-8-18(9-11-19)17-6-4-16(5-7-17)14(2)24(30)31/h8-11,13-14,16-17H,4-7,12H2,1-3H3,(H,30,31)(H2,25,26,27). The van der Waals surface area contributed by atoms with E-state index < -0.39 is 5.97 Å². The van der Waals surface area contributed by atoms with Crippen molar-refractivity contribution in [2.75, 3.05) is 10.6 Å². The maximum Gasteiger partial charge on any atom is 0.306 e. The first-order valence-electron chi connectivity index (χ1n) is 11.1. The van der Waals surface area contributed by atoms with E-state index in [1.807, 2.05) is 26.0 Å². The fourth-order valence-electron chi connectivity index (χ4n) is 5.16. The summed E-state index contributed by atoms with van der Waals surface area (Å²) in [6.07, 6.45) is 4.53. The highest BCUT2D eigenvalue weighted by molar-refractivity contribution is 6.11. The van der Waals surface area contributed by atoms with Crippen molar-refractivity contribution in [3.63, 3.8) is 0 Å². The van der Waals surface area contributed by atoms with E-state index in [1.165, 1.54) is 5.56 Å². The average molecular weight is 423 g/mol. The molecule has 3 N–H and O–H groups in total. The number of fused-ring (bicyclic) bond motifs is 1. The molecule has 2 atom stereocenters. The summed E-state index contributed by atoms with van der Waals surface area (Å²) in [7, 11) is 0. The Morgan fingerprint density at radius 2 is 1.81 bits per heavy atom. The topological polar surface area (TPSA) is 109 Å². The van der Waals surface area contributed by atoms with Crippen LogP contribution in [0.1, 0.15) is 72.9 Å². The summed E-state index contributed by atoms with van der Waals surface area (Å²) in [5.41, 5.74) is 9.29. The second kappa shape index (κ2) is 8.29. The van der Waals surface area contributed by atoms with Gasteiger partial charge in [0.25, 0.3) is 5.91 Å². The zero-order chi connectivity index (χ0) is 22.3. The third kappa shape index (κ3) is 4.01. The minimum absolute atomic E-state index is 0.0208. The molecule has 2 heterocycles. The Morgan fingerprint density at radius 3 is 2.42 bits per heavy atom. The van der Waals surface area contributed by atoms with E-state index in [0.717, 1.165) is 37.1 Å². The zero-order valence-electron chi connectivity index (χ0n) is 18.3. The van der Waals surface area contributed by atoms with Crippen LogP contribution >= 0.6 is 0 Å². The van der Waals surface area contributed by atoms with E-state index in [-0.39, 0.29) is 29.6 Å². The number of nitrogens with two attached hydrogens (primary N) is 1. The van der Waals surface area contributed by atoms with Gasteiger partial charge in [-0.15, -0.1) is 0 Å². The summed E-state index contributed by atoms with van der Waals surface area (Å²) in [5, 5.41) is 9.26. The second-order valence-electron chi connectivity index (χ2n) is 9.04. The summed E-state index contributed by atoms with van der Waals surface area (Å²) in [4.78, 5) is 34.9. The van der Waals surface area contributed by atoms with Gasteiger partial charge in [-0.05, 0) is 69.1 Å². The molecule has 1 aliphatic heterocycles. The number of nitrogens with zero attached hydrogens (tertiary/aromatic N) is 3. The van der Waals surface area contributed by atoms with Crippen LogP contribution in [0.25, 0.3) is 0 Å². The molecule has 31 heavy (non-hydrogen) atoms. The molecule has 2 aliphatic rings. The Bertz CT molecular complexity index is 997. The molecule has 1 amide bonds. The van der Waals surface area contributed by atoms with Gasteiger partial charge in [0.2, 0.25) is 0 Å². The summed E-state index contributed by atoms with van der Waals surface area (Å²) in [5.74, 6) is 0.399. The van der Waals surface area contributed by atoms with Gasteiger partial charge in [0, 0.05) is 18.2 Å². The van der Waals surface area contributed by atoms with Gasteiger partial charge in [-0.3, -0.25) is 9.59 Å². The van der Waals surface area contributed by atoms with Crippen LogP contribution < -0.4 is 10.6 Å². The molecule has 7 nitrogen and oxygen atoms in total. The number of nitrogen functional groups attached to an aromatic ring is 1. The summed E-state index contributed by atoms with van der Waals surface area (Å²) >= 11 is 0. The number of hydrogen-bond donors (Lipinski definition) is 2. The lowest BCUT2D eigenvalue weighted by Gasteiger charge is -2.35. The van der Waals surface area contributed by atoms with Gasteiger partial charge < -0.3 is 15.7 Å². The van der Waals surface area contributed by atoms with Crippen molar-refractivity contribution in [3.8, 4) is 0 Å². The first-order valence-corrected chi connectivity index (χ1v) is 11.1. The van der Waals surface area contributed by atoms with Gasteiger partial charge in [0.05, 0.1) is 11.6 Å². The Balaban J connectivity index is 1.50. The Labute approximate surface area is 182 Å². The van der Waals surface area contributed by atoms with Crippen molar-refractivity contribution in [1.82, 2.24) is 9.97 Å². The number of aryl methyl sites for hydroxylation is 1. The fraction of sp³-hybridized carbons (Fsp3) is 0.500. The molecule has 2 aromatic rings. The molecule has 4 rings (SSSR count). The van der Waals surface area contributed by atoms with Gasteiger partial charge in [0.15, 0.2) is 0 Å². The van der Waals surface area contributed by atoms with Gasteiger partial charge in [-0.25, -0.2) is 9.97 Å². The number of rotatable bonds is 4. The molecule has 1 aromatic heterocycles. The third-order valence-electron chi connectivity index (χ3n) is 7.00. The van der Waals surface area contributed by atoms with E-state index in [9.17, 15) is 14.7 Å². The number of aromatic nitrogens is 2. The maximum atomic E-state index is 13.2. The number of carbonyl (C=O) groups is 2. The predicted octanol–water partition coefficient (Wildman–Crippen LogP) is 3.95. The third-order valence-corrected chi connectivity index (χ3v) is 7.00. The lowest BCUT2D eigenvalue weighted by Crippen LogP contribution is -2.45. The van der Waals surface area contributed by atoms with Crippen molar-refractivity contribution in [1.29, 1.82) is 0 Å². The molecular weight excluding hydrogens is 392 g/mol. The normalized spacial score (nSPS) is 24.5.